The molecule has 4 heteroatoms. The van der Waals surface area contributed by atoms with Crippen molar-refractivity contribution in [2.45, 2.75) is 18.3 Å². The largest absolute Gasteiger partial charge is 0.395 e. The SMILES string of the molecule is [B][C@@H]1C[C@](C=C=C)(CO)[C@H](O)C1CF. The zero-order valence-electron chi connectivity index (χ0n) is 7.99. The maximum absolute atomic E-state index is 12.5. The minimum atomic E-state index is -0.957. The highest BCUT2D eigenvalue weighted by atomic mass is 19.1. The third kappa shape index (κ3) is 1.65. The van der Waals surface area contributed by atoms with Crippen LogP contribution in [0.15, 0.2) is 18.4 Å². The monoisotopic (exact) mass is 196 g/mol. The molecule has 0 aromatic heterocycles. The lowest BCUT2D eigenvalue weighted by molar-refractivity contribution is 0.0116. The van der Waals surface area contributed by atoms with Crippen molar-refractivity contribution in [3.05, 3.63) is 18.4 Å². The van der Waals surface area contributed by atoms with Crippen LogP contribution in [-0.2, 0) is 0 Å². The molecule has 0 heterocycles. The van der Waals surface area contributed by atoms with Gasteiger partial charge in [-0.25, -0.2) is 0 Å². The summed E-state index contributed by atoms with van der Waals surface area (Å²) >= 11 is 0. The van der Waals surface area contributed by atoms with E-state index in [0.717, 1.165) is 0 Å². The van der Waals surface area contributed by atoms with E-state index in [0.29, 0.717) is 6.42 Å². The van der Waals surface area contributed by atoms with Crippen LogP contribution in [0.5, 0.6) is 0 Å². The highest BCUT2D eigenvalue weighted by molar-refractivity contribution is 6.12. The predicted molar refractivity (Wildman–Crippen MR) is 52.8 cm³/mol. The zero-order valence-corrected chi connectivity index (χ0v) is 7.99. The summed E-state index contributed by atoms with van der Waals surface area (Å²) < 4.78 is 12.5. The quantitative estimate of drug-likeness (QED) is 0.512. The van der Waals surface area contributed by atoms with Crippen LogP contribution >= 0.6 is 0 Å². The van der Waals surface area contributed by atoms with Gasteiger partial charge in [-0.05, 0) is 12.5 Å². The molecule has 2 N–H and O–H groups in total. The Bertz CT molecular complexity index is 253. The van der Waals surface area contributed by atoms with E-state index in [1.165, 1.54) is 6.08 Å². The molecule has 1 unspecified atom stereocenters. The summed E-state index contributed by atoms with van der Waals surface area (Å²) in [5, 5.41) is 19.0. The van der Waals surface area contributed by atoms with Crippen molar-refractivity contribution in [1.29, 1.82) is 0 Å². The molecule has 0 bridgehead atoms. The Labute approximate surface area is 84.5 Å². The molecule has 1 rings (SSSR count). The molecule has 14 heavy (non-hydrogen) atoms. The van der Waals surface area contributed by atoms with E-state index in [1.807, 2.05) is 0 Å². The van der Waals surface area contributed by atoms with Gasteiger partial charge >= 0.3 is 0 Å². The minimum absolute atomic E-state index is 0.263. The summed E-state index contributed by atoms with van der Waals surface area (Å²) in [5.74, 6) is -1.03. The van der Waals surface area contributed by atoms with Gasteiger partial charge in [-0.15, -0.1) is 5.73 Å². The maximum atomic E-state index is 12.5. The first-order valence-corrected chi connectivity index (χ1v) is 4.58. The highest BCUT2D eigenvalue weighted by Gasteiger charge is 2.49. The third-order valence-electron chi connectivity index (χ3n) is 3.02. The van der Waals surface area contributed by atoms with Gasteiger partial charge < -0.3 is 10.2 Å². The van der Waals surface area contributed by atoms with Crippen LogP contribution in [0.3, 0.4) is 0 Å². The van der Waals surface area contributed by atoms with Crippen molar-refractivity contribution in [3.63, 3.8) is 0 Å². The van der Waals surface area contributed by atoms with E-state index in [9.17, 15) is 14.6 Å². The molecular formula is C10H14BFO2. The molecule has 0 spiro atoms. The number of aliphatic hydroxyl groups excluding tert-OH is 2. The molecule has 2 radical (unpaired) electrons. The van der Waals surface area contributed by atoms with E-state index in [4.69, 9.17) is 7.85 Å². The normalized spacial score (nSPS) is 42.1. The van der Waals surface area contributed by atoms with Crippen molar-refractivity contribution < 1.29 is 14.6 Å². The molecule has 76 valence electrons. The van der Waals surface area contributed by atoms with Gasteiger partial charge in [0.1, 0.15) is 0 Å². The van der Waals surface area contributed by atoms with Gasteiger partial charge in [-0.3, -0.25) is 4.39 Å². The summed E-state index contributed by atoms with van der Waals surface area (Å²) in [7, 11) is 5.68. The molecule has 1 fully saturated rings. The van der Waals surface area contributed by atoms with Gasteiger partial charge in [-0.2, -0.15) is 0 Å². The number of hydrogen-bond acceptors (Lipinski definition) is 2. The molecule has 1 aliphatic carbocycles. The Morgan fingerprint density at radius 1 is 1.71 bits per heavy atom. The molecule has 0 aromatic carbocycles. The predicted octanol–water partition coefficient (Wildman–Crippen LogP) is 0.613. The van der Waals surface area contributed by atoms with Crippen LogP contribution < -0.4 is 0 Å². The van der Waals surface area contributed by atoms with Crippen LogP contribution in [0.4, 0.5) is 4.39 Å². The van der Waals surface area contributed by atoms with Crippen LogP contribution in [0.25, 0.3) is 0 Å². The van der Waals surface area contributed by atoms with Gasteiger partial charge in [0.2, 0.25) is 0 Å². The Morgan fingerprint density at radius 3 is 2.71 bits per heavy atom. The molecule has 0 amide bonds. The number of rotatable bonds is 3. The Kier molecular flexibility index (Phi) is 3.54. The number of alkyl halides is 1. The van der Waals surface area contributed by atoms with Gasteiger partial charge in [0.05, 0.1) is 27.2 Å². The van der Waals surface area contributed by atoms with Gasteiger partial charge in [-0.1, -0.05) is 12.4 Å². The molecule has 0 saturated heterocycles. The smallest absolute Gasteiger partial charge is 0.0943 e. The average Bonchev–Trinajstić information content (AvgIpc) is 2.40. The Hall–Kier alpha value is -0.565. The second-order valence-electron chi connectivity index (χ2n) is 3.87. The minimum Gasteiger partial charge on any atom is -0.395 e. The summed E-state index contributed by atoms with van der Waals surface area (Å²) in [6, 6.07) is 0. The molecular weight excluding hydrogens is 182 g/mol. The van der Waals surface area contributed by atoms with Gasteiger partial charge in [0.25, 0.3) is 0 Å². The lowest BCUT2D eigenvalue weighted by Gasteiger charge is -2.27. The zero-order chi connectivity index (χ0) is 10.8. The molecule has 1 aliphatic rings. The van der Waals surface area contributed by atoms with Crippen LogP contribution in [0, 0.1) is 11.3 Å². The fraction of sp³-hybridized carbons (Fsp3) is 0.700. The topological polar surface area (TPSA) is 40.5 Å². The van der Waals surface area contributed by atoms with Crippen LogP contribution in [0.1, 0.15) is 6.42 Å². The Morgan fingerprint density at radius 2 is 2.36 bits per heavy atom. The fourth-order valence-electron chi connectivity index (χ4n) is 2.12. The first-order chi connectivity index (χ1) is 6.61. The van der Waals surface area contributed by atoms with E-state index in [1.54, 1.807) is 0 Å². The molecule has 1 saturated carbocycles. The summed E-state index contributed by atoms with van der Waals surface area (Å²) in [5.41, 5.74) is 1.66. The van der Waals surface area contributed by atoms with E-state index >= 15 is 0 Å². The number of hydrogen-bond donors (Lipinski definition) is 2. The summed E-state index contributed by atoms with van der Waals surface area (Å²) in [6.07, 6.45) is 0.899. The standard InChI is InChI=1S/C10H14BFO2/c1-2-3-10(6-13)4-8(11)7(5-12)9(10)14/h3,7-9,13-14H,1,4-6H2/t7?,8-,9-,10-/m1/s1. The fourth-order valence-corrected chi connectivity index (χ4v) is 2.12. The third-order valence-corrected chi connectivity index (χ3v) is 3.02. The van der Waals surface area contributed by atoms with E-state index < -0.39 is 29.9 Å². The van der Waals surface area contributed by atoms with Crippen LogP contribution in [-0.4, -0.2) is 37.4 Å². The summed E-state index contributed by atoms with van der Waals surface area (Å²) in [4.78, 5) is 0. The van der Waals surface area contributed by atoms with E-state index in [-0.39, 0.29) is 6.61 Å². The molecule has 0 aromatic rings. The van der Waals surface area contributed by atoms with Crippen molar-refractivity contribution in [2.75, 3.05) is 13.3 Å². The van der Waals surface area contributed by atoms with Crippen molar-refractivity contribution in [3.8, 4) is 0 Å². The molecule has 0 aliphatic heterocycles. The van der Waals surface area contributed by atoms with Crippen molar-refractivity contribution >= 4 is 7.85 Å². The van der Waals surface area contributed by atoms with Gasteiger partial charge in [0.15, 0.2) is 0 Å². The molecule has 2 nitrogen and oxygen atoms in total. The van der Waals surface area contributed by atoms with E-state index in [2.05, 4.69) is 12.3 Å². The van der Waals surface area contributed by atoms with Crippen molar-refractivity contribution in [2.24, 2.45) is 11.3 Å². The number of halogens is 1. The Balaban J connectivity index is 2.96. The lowest BCUT2D eigenvalue weighted by atomic mass is 9.78. The second-order valence-corrected chi connectivity index (χ2v) is 3.87. The first kappa shape index (κ1) is 11.5. The van der Waals surface area contributed by atoms with Crippen molar-refractivity contribution in [1.82, 2.24) is 0 Å². The highest BCUT2D eigenvalue weighted by Crippen LogP contribution is 2.48. The van der Waals surface area contributed by atoms with Crippen LogP contribution in [0.2, 0.25) is 5.82 Å². The summed E-state index contributed by atoms with van der Waals surface area (Å²) in [6.45, 7) is 2.46. The first-order valence-electron chi connectivity index (χ1n) is 4.58. The second kappa shape index (κ2) is 4.30. The van der Waals surface area contributed by atoms with Gasteiger partial charge in [0, 0.05) is 11.3 Å². The number of aliphatic hydroxyl groups is 2. The maximum Gasteiger partial charge on any atom is 0.0943 e. The lowest BCUT2D eigenvalue weighted by Crippen LogP contribution is -2.35. The molecule has 4 atom stereocenters. The average molecular weight is 196 g/mol.